The van der Waals surface area contributed by atoms with Crippen LogP contribution >= 0.6 is 0 Å². The van der Waals surface area contributed by atoms with E-state index in [2.05, 4.69) is 4.98 Å². The topological polar surface area (TPSA) is 41.4 Å². The fourth-order valence-corrected chi connectivity index (χ4v) is 3.74. The molecular weight excluding hydrogens is 343 g/mol. The lowest BCUT2D eigenvalue weighted by molar-refractivity contribution is 0.215. The molecule has 0 saturated heterocycles. The Morgan fingerprint density at radius 3 is 2.30 bits per heavy atom. The number of carbonyl (C=O) groups is 1. The molecule has 0 fully saturated rings. The molecule has 0 bridgehead atoms. The van der Waals surface area contributed by atoms with Gasteiger partial charge in [0.25, 0.3) is 0 Å². The van der Waals surface area contributed by atoms with Gasteiger partial charge in [0, 0.05) is 19.7 Å². The van der Waals surface area contributed by atoms with E-state index in [1.807, 2.05) is 42.7 Å². The molecule has 0 spiro atoms. The van der Waals surface area contributed by atoms with Crippen molar-refractivity contribution in [2.24, 2.45) is 0 Å². The molecule has 0 radical (unpaired) electrons. The Labute approximate surface area is 157 Å². The first-order valence-electron chi connectivity index (χ1n) is 8.77. The molecule has 1 aromatic heterocycles. The van der Waals surface area contributed by atoms with Crippen LogP contribution in [-0.4, -0.2) is 34.6 Å². The third kappa shape index (κ3) is 2.51. The maximum Gasteiger partial charge on any atom is 0.324 e. The summed E-state index contributed by atoms with van der Waals surface area (Å²) in [5.41, 5.74) is 3.51. The van der Waals surface area contributed by atoms with E-state index in [9.17, 15) is 9.18 Å². The number of aromatic nitrogens is 2. The molecule has 6 heteroatoms. The number of benzene rings is 2. The molecule has 0 aliphatic carbocycles. The zero-order valence-electron chi connectivity index (χ0n) is 15.8. The van der Waals surface area contributed by atoms with E-state index in [4.69, 9.17) is 0 Å². The second-order valence-electron chi connectivity index (χ2n) is 7.38. The van der Waals surface area contributed by atoms with Crippen LogP contribution in [0.1, 0.15) is 19.5 Å². The molecule has 0 atom stereocenters. The number of imidazole rings is 1. The minimum atomic E-state index is -0.657. The van der Waals surface area contributed by atoms with E-state index in [0.29, 0.717) is 0 Å². The molecule has 0 unspecified atom stereocenters. The molecule has 2 heterocycles. The first-order chi connectivity index (χ1) is 12.8. The molecule has 1 aliphatic heterocycles. The van der Waals surface area contributed by atoms with E-state index >= 15 is 0 Å². The van der Waals surface area contributed by atoms with Crippen LogP contribution in [0, 0.1) is 5.82 Å². The standard InChI is InChI=1S/C21H21FN4O/c1-21(2)19-18(14-9-11-15(22)12-10-14)23-13-25(19)16-7-5-6-8-17(16)26(21)20(27)24(3)4/h5-13H,1-4H3. The summed E-state index contributed by atoms with van der Waals surface area (Å²) in [6.45, 7) is 4.01. The van der Waals surface area contributed by atoms with Gasteiger partial charge in [0.15, 0.2) is 0 Å². The van der Waals surface area contributed by atoms with Crippen molar-refractivity contribution in [1.29, 1.82) is 0 Å². The van der Waals surface area contributed by atoms with Crippen LogP contribution in [0.5, 0.6) is 0 Å². The molecule has 1 aliphatic rings. The lowest BCUT2D eigenvalue weighted by atomic mass is 9.90. The van der Waals surface area contributed by atoms with Crippen molar-refractivity contribution in [3.63, 3.8) is 0 Å². The average molecular weight is 364 g/mol. The zero-order chi connectivity index (χ0) is 19.3. The van der Waals surface area contributed by atoms with Crippen LogP contribution in [0.15, 0.2) is 54.9 Å². The predicted molar refractivity (Wildman–Crippen MR) is 104 cm³/mol. The van der Waals surface area contributed by atoms with Gasteiger partial charge < -0.3 is 4.90 Å². The van der Waals surface area contributed by atoms with Crippen LogP contribution in [0.4, 0.5) is 14.9 Å². The number of anilines is 1. The number of hydrogen-bond acceptors (Lipinski definition) is 2. The van der Waals surface area contributed by atoms with E-state index in [1.54, 1.807) is 42.4 Å². The van der Waals surface area contributed by atoms with Gasteiger partial charge in [-0.05, 0) is 50.2 Å². The number of nitrogens with zero attached hydrogens (tertiary/aromatic N) is 4. The summed E-state index contributed by atoms with van der Waals surface area (Å²) in [5.74, 6) is -0.291. The third-order valence-corrected chi connectivity index (χ3v) is 4.98. The summed E-state index contributed by atoms with van der Waals surface area (Å²) < 4.78 is 15.4. The molecule has 4 rings (SSSR count). The quantitative estimate of drug-likeness (QED) is 0.642. The van der Waals surface area contributed by atoms with Gasteiger partial charge in [0.05, 0.1) is 28.3 Å². The Hall–Kier alpha value is -3.15. The molecule has 3 aromatic rings. The normalized spacial score (nSPS) is 14.5. The second kappa shape index (κ2) is 5.94. The van der Waals surface area contributed by atoms with Gasteiger partial charge in [0.2, 0.25) is 0 Å². The Bertz CT molecular complexity index is 1020. The maximum absolute atomic E-state index is 13.4. The second-order valence-corrected chi connectivity index (χ2v) is 7.38. The number of carbonyl (C=O) groups excluding carboxylic acids is 1. The highest BCUT2D eigenvalue weighted by molar-refractivity contribution is 5.97. The highest BCUT2D eigenvalue weighted by Crippen LogP contribution is 2.45. The van der Waals surface area contributed by atoms with E-state index in [-0.39, 0.29) is 11.8 Å². The maximum atomic E-state index is 13.4. The van der Waals surface area contributed by atoms with Crippen LogP contribution in [0.25, 0.3) is 16.9 Å². The van der Waals surface area contributed by atoms with E-state index < -0.39 is 5.54 Å². The number of urea groups is 1. The summed E-state index contributed by atoms with van der Waals surface area (Å²) in [6.07, 6.45) is 1.77. The van der Waals surface area contributed by atoms with Crippen molar-refractivity contribution in [3.05, 3.63) is 66.4 Å². The molecule has 0 N–H and O–H groups in total. The monoisotopic (exact) mass is 364 g/mol. The summed E-state index contributed by atoms with van der Waals surface area (Å²) >= 11 is 0. The zero-order valence-corrected chi connectivity index (χ0v) is 15.8. The van der Waals surface area contributed by atoms with Gasteiger partial charge in [0.1, 0.15) is 12.1 Å². The molecule has 27 heavy (non-hydrogen) atoms. The lowest BCUT2D eigenvalue weighted by Crippen LogP contribution is -2.53. The van der Waals surface area contributed by atoms with Crippen LogP contribution in [0.2, 0.25) is 0 Å². The number of rotatable bonds is 1. The van der Waals surface area contributed by atoms with Crippen molar-refractivity contribution in [2.75, 3.05) is 19.0 Å². The van der Waals surface area contributed by atoms with Crippen molar-refractivity contribution < 1.29 is 9.18 Å². The first-order valence-corrected chi connectivity index (χ1v) is 8.77. The highest BCUT2D eigenvalue weighted by Gasteiger charge is 2.44. The van der Waals surface area contributed by atoms with Gasteiger partial charge in [-0.15, -0.1) is 0 Å². The summed E-state index contributed by atoms with van der Waals surface area (Å²) in [5, 5.41) is 0. The fraction of sp³-hybridized carbons (Fsp3) is 0.238. The minimum Gasteiger partial charge on any atom is -0.330 e. The minimum absolute atomic E-state index is 0.107. The molecular formula is C21H21FN4O. The van der Waals surface area contributed by atoms with Gasteiger partial charge in [-0.3, -0.25) is 9.47 Å². The third-order valence-electron chi connectivity index (χ3n) is 4.98. The first kappa shape index (κ1) is 17.3. The fourth-order valence-electron chi connectivity index (χ4n) is 3.74. The number of amides is 2. The van der Waals surface area contributed by atoms with Gasteiger partial charge in [-0.25, -0.2) is 14.2 Å². The average Bonchev–Trinajstić information content (AvgIpc) is 3.08. The van der Waals surface area contributed by atoms with Crippen molar-refractivity contribution in [2.45, 2.75) is 19.4 Å². The Balaban J connectivity index is 2.00. The van der Waals surface area contributed by atoms with Crippen LogP contribution < -0.4 is 4.90 Å². The molecule has 0 saturated carbocycles. The van der Waals surface area contributed by atoms with Gasteiger partial charge >= 0.3 is 6.03 Å². The van der Waals surface area contributed by atoms with Gasteiger partial charge in [-0.2, -0.15) is 0 Å². The predicted octanol–water partition coefficient (Wildman–Crippen LogP) is 4.42. The van der Waals surface area contributed by atoms with Crippen LogP contribution in [0.3, 0.4) is 0 Å². The molecule has 5 nitrogen and oxygen atoms in total. The SMILES string of the molecule is CN(C)C(=O)N1c2ccccc2-n2cnc(-c3ccc(F)cc3)c2C1(C)C. The molecule has 138 valence electrons. The Morgan fingerprint density at radius 1 is 1.04 bits per heavy atom. The highest BCUT2D eigenvalue weighted by atomic mass is 19.1. The lowest BCUT2D eigenvalue weighted by Gasteiger charge is -2.45. The smallest absolute Gasteiger partial charge is 0.324 e. The van der Waals surface area contributed by atoms with Gasteiger partial charge in [-0.1, -0.05) is 12.1 Å². The Kier molecular flexibility index (Phi) is 3.80. The summed E-state index contributed by atoms with van der Waals surface area (Å²) in [7, 11) is 3.49. The van der Waals surface area contributed by atoms with Crippen LogP contribution in [-0.2, 0) is 5.54 Å². The summed E-state index contributed by atoms with van der Waals surface area (Å²) in [4.78, 5) is 21.1. The number of halogens is 1. The van der Waals surface area contributed by atoms with Crippen molar-refractivity contribution in [3.8, 4) is 16.9 Å². The number of fused-ring (bicyclic) bond motifs is 3. The summed E-state index contributed by atoms with van der Waals surface area (Å²) in [6, 6.07) is 14.0. The number of para-hydroxylation sites is 2. The largest absolute Gasteiger partial charge is 0.330 e. The van der Waals surface area contributed by atoms with E-state index in [1.165, 1.54) is 12.1 Å². The number of hydrogen-bond donors (Lipinski definition) is 0. The van der Waals surface area contributed by atoms with Crippen molar-refractivity contribution >= 4 is 11.7 Å². The molecule has 2 aromatic carbocycles. The Morgan fingerprint density at radius 2 is 1.67 bits per heavy atom. The van der Waals surface area contributed by atoms with Crippen molar-refractivity contribution in [1.82, 2.24) is 14.5 Å². The molecule has 2 amide bonds. The van der Waals surface area contributed by atoms with E-state index in [0.717, 1.165) is 28.3 Å².